The van der Waals surface area contributed by atoms with Crippen molar-refractivity contribution < 1.29 is 21.6 Å². The van der Waals surface area contributed by atoms with Gasteiger partial charge >= 0.3 is 15.5 Å². The van der Waals surface area contributed by atoms with Crippen LogP contribution in [0.15, 0.2) is 11.6 Å². The van der Waals surface area contributed by atoms with Crippen LogP contribution in [0.5, 0.6) is 0 Å². The Morgan fingerprint density at radius 3 is 2.47 bits per heavy atom. The van der Waals surface area contributed by atoms with Gasteiger partial charge in [0.05, 0.1) is 0 Å². The van der Waals surface area contributed by atoms with Crippen molar-refractivity contribution in [3.8, 4) is 0 Å². The molecule has 0 amide bonds. The first kappa shape index (κ1) is 12.5. The molecule has 0 atom stereocenters. The van der Waals surface area contributed by atoms with Gasteiger partial charge in [0, 0.05) is 13.1 Å². The smallest absolute Gasteiger partial charge is 0.203 e. The van der Waals surface area contributed by atoms with Crippen LogP contribution < -0.4 is 0 Å². The van der Waals surface area contributed by atoms with Crippen LogP contribution in [-0.2, 0) is 10.0 Å². The standard InChI is InChI=1S/C8H12F3NO2S/c1-7-3-2-5-12(6-4-7)15(13,14)8(9,10)11/h3H,2,4-6H2,1H3. The average molecular weight is 243 g/mol. The summed E-state index contributed by atoms with van der Waals surface area (Å²) in [7, 11) is -5.15. The number of halogens is 3. The van der Waals surface area contributed by atoms with Crippen LogP contribution in [0.2, 0.25) is 0 Å². The molecule has 1 heterocycles. The van der Waals surface area contributed by atoms with Gasteiger partial charge in [-0.25, -0.2) is 8.42 Å². The van der Waals surface area contributed by atoms with Crippen LogP contribution in [0.4, 0.5) is 13.2 Å². The van der Waals surface area contributed by atoms with E-state index in [0.29, 0.717) is 17.1 Å². The molecule has 0 N–H and O–H groups in total. The first-order valence-electron chi connectivity index (χ1n) is 4.47. The van der Waals surface area contributed by atoms with Crippen LogP contribution in [0.25, 0.3) is 0 Å². The summed E-state index contributed by atoms with van der Waals surface area (Å²) in [5.74, 6) is 0. The first-order chi connectivity index (χ1) is 6.75. The van der Waals surface area contributed by atoms with Crippen molar-refractivity contribution in [1.82, 2.24) is 4.31 Å². The average Bonchev–Trinajstić information content (AvgIpc) is 2.27. The molecule has 3 nitrogen and oxygen atoms in total. The molecule has 88 valence electrons. The van der Waals surface area contributed by atoms with E-state index >= 15 is 0 Å². The number of hydrogen-bond donors (Lipinski definition) is 0. The van der Waals surface area contributed by atoms with Gasteiger partial charge in [0.2, 0.25) is 0 Å². The summed E-state index contributed by atoms with van der Waals surface area (Å²) in [5.41, 5.74) is -4.26. The Morgan fingerprint density at radius 1 is 1.33 bits per heavy atom. The van der Waals surface area contributed by atoms with E-state index in [9.17, 15) is 21.6 Å². The van der Waals surface area contributed by atoms with Gasteiger partial charge in [-0.15, -0.1) is 0 Å². The minimum Gasteiger partial charge on any atom is -0.203 e. The molecule has 0 aromatic heterocycles. The molecule has 0 saturated heterocycles. The molecule has 7 heteroatoms. The molecule has 0 radical (unpaired) electrons. The highest BCUT2D eigenvalue weighted by molar-refractivity contribution is 7.90. The molecular formula is C8H12F3NO2S. The quantitative estimate of drug-likeness (QED) is 0.659. The van der Waals surface area contributed by atoms with Gasteiger partial charge in [-0.1, -0.05) is 11.6 Å². The highest BCUT2D eigenvalue weighted by atomic mass is 32.2. The fraction of sp³-hybridized carbons (Fsp3) is 0.750. The van der Waals surface area contributed by atoms with Crippen LogP contribution in [-0.4, -0.2) is 31.3 Å². The summed E-state index contributed by atoms with van der Waals surface area (Å²) in [6.07, 6.45) is 2.46. The second kappa shape index (κ2) is 4.13. The molecule has 0 fully saturated rings. The van der Waals surface area contributed by atoms with Crippen molar-refractivity contribution in [2.75, 3.05) is 13.1 Å². The number of nitrogens with zero attached hydrogens (tertiary/aromatic N) is 1. The number of rotatable bonds is 1. The fourth-order valence-electron chi connectivity index (χ4n) is 1.36. The maximum Gasteiger partial charge on any atom is 0.511 e. The molecule has 0 aromatic carbocycles. The summed E-state index contributed by atoms with van der Waals surface area (Å²) >= 11 is 0. The third-order valence-electron chi connectivity index (χ3n) is 2.26. The molecule has 1 aliphatic rings. The molecule has 0 saturated carbocycles. The topological polar surface area (TPSA) is 37.4 Å². The molecule has 0 aliphatic carbocycles. The zero-order chi connectivity index (χ0) is 11.7. The van der Waals surface area contributed by atoms with Gasteiger partial charge in [-0.05, 0) is 19.8 Å². The van der Waals surface area contributed by atoms with Crippen molar-refractivity contribution in [1.29, 1.82) is 0 Å². The van der Waals surface area contributed by atoms with Crippen molar-refractivity contribution in [2.45, 2.75) is 25.3 Å². The predicted octanol–water partition coefficient (Wildman–Crippen LogP) is 1.88. The largest absolute Gasteiger partial charge is 0.511 e. The van der Waals surface area contributed by atoms with E-state index in [4.69, 9.17) is 0 Å². The summed E-state index contributed by atoms with van der Waals surface area (Å²) in [6, 6.07) is 0. The van der Waals surface area contributed by atoms with Gasteiger partial charge in [-0.3, -0.25) is 0 Å². The van der Waals surface area contributed by atoms with Crippen molar-refractivity contribution in [3.63, 3.8) is 0 Å². The lowest BCUT2D eigenvalue weighted by Crippen LogP contribution is -2.41. The number of sulfonamides is 1. The lowest BCUT2D eigenvalue weighted by Gasteiger charge is -2.21. The predicted molar refractivity (Wildman–Crippen MR) is 49.5 cm³/mol. The Kier molecular flexibility index (Phi) is 3.44. The third-order valence-corrected chi connectivity index (χ3v) is 3.89. The molecule has 15 heavy (non-hydrogen) atoms. The SMILES string of the molecule is CC1=CCCN(S(=O)(=O)C(F)(F)F)CC1. The van der Waals surface area contributed by atoms with E-state index in [-0.39, 0.29) is 13.1 Å². The highest BCUT2D eigenvalue weighted by Crippen LogP contribution is 2.28. The molecule has 0 bridgehead atoms. The van der Waals surface area contributed by atoms with Crippen LogP contribution in [0.1, 0.15) is 19.8 Å². The van der Waals surface area contributed by atoms with E-state index in [1.54, 1.807) is 13.0 Å². The van der Waals surface area contributed by atoms with Crippen LogP contribution >= 0.6 is 0 Å². The number of hydrogen-bond acceptors (Lipinski definition) is 2. The third kappa shape index (κ3) is 2.72. The summed E-state index contributed by atoms with van der Waals surface area (Å²) in [6.45, 7) is 1.59. The Hall–Kier alpha value is -0.560. The second-order valence-electron chi connectivity index (χ2n) is 3.44. The normalized spacial score (nSPS) is 20.9. The van der Waals surface area contributed by atoms with Crippen LogP contribution in [0.3, 0.4) is 0 Å². The van der Waals surface area contributed by atoms with Crippen molar-refractivity contribution in [2.24, 2.45) is 0 Å². The molecule has 1 aliphatic heterocycles. The fourth-order valence-corrected chi connectivity index (χ4v) is 2.33. The Bertz CT molecular complexity index is 359. The molecule has 0 unspecified atom stereocenters. The Balaban J connectivity index is 2.83. The van der Waals surface area contributed by atoms with E-state index in [2.05, 4.69) is 0 Å². The monoisotopic (exact) mass is 243 g/mol. The summed E-state index contributed by atoms with van der Waals surface area (Å²) in [5, 5.41) is 0. The zero-order valence-corrected chi connectivity index (χ0v) is 9.03. The maximum atomic E-state index is 12.2. The molecule has 1 rings (SSSR count). The lowest BCUT2D eigenvalue weighted by molar-refractivity contribution is -0.0488. The van der Waals surface area contributed by atoms with E-state index in [1.165, 1.54) is 0 Å². The van der Waals surface area contributed by atoms with Gasteiger partial charge in [0.1, 0.15) is 0 Å². The van der Waals surface area contributed by atoms with Gasteiger partial charge in [0.25, 0.3) is 0 Å². The lowest BCUT2D eigenvalue weighted by atomic mass is 10.2. The van der Waals surface area contributed by atoms with Crippen molar-refractivity contribution in [3.05, 3.63) is 11.6 Å². The summed E-state index contributed by atoms with van der Waals surface area (Å²) in [4.78, 5) is 0. The zero-order valence-electron chi connectivity index (χ0n) is 8.21. The van der Waals surface area contributed by atoms with E-state index < -0.39 is 15.5 Å². The van der Waals surface area contributed by atoms with Gasteiger partial charge in [-0.2, -0.15) is 17.5 Å². The Labute approximate surface area is 86.6 Å². The van der Waals surface area contributed by atoms with Gasteiger partial charge < -0.3 is 0 Å². The highest BCUT2D eigenvalue weighted by Gasteiger charge is 2.49. The summed E-state index contributed by atoms with van der Waals surface area (Å²) < 4.78 is 59.2. The molecule has 0 spiro atoms. The minimum atomic E-state index is -5.19. The molecular weight excluding hydrogens is 231 g/mol. The Morgan fingerprint density at radius 2 is 1.93 bits per heavy atom. The second-order valence-corrected chi connectivity index (χ2v) is 5.37. The minimum absolute atomic E-state index is 0.0931. The molecule has 0 aromatic rings. The maximum absolute atomic E-state index is 12.2. The van der Waals surface area contributed by atoms with Gasteiger partial charge in [0.15, 0.2) is 0 Å². The van der Waals surface area contributed by atoms with Crippen LogP contribution in [0, 0.1) is 0 Å². The first-order valence-corrected chi connectivity index (χ1v) is 5.91. The van der Waals surface area contributed by atoms with E-state index in [1.807, 2.05) is 0 Å². The number of alkyl halides is 3. The van der Waals surface area contributed by atoms with Crippen molar-refractivity contribution >= 4 is 10.0 Å². The van der Waals surface area contributed by atoms with E-state index in [0.717, 1.165) is 5.57 Å².